The van der Waals surface area contributed by atoms with Gasteiger partial charge in [-0.15, -0.1) is 0 Å². The van der Waals surface area contributed by atoms with E-state index in [1.165, 1.54) is 0 Å². The van der Waals surface area contributed by atoms with Gasteiger partial charge in [0.1, 0.15) is 6.10 Å². The number of carbonyl (C=O) groups excluding carboxylic acids is 1. The Hall–Kier alpha value is -0.900. The number of aliphatic hydroxyl groups excluding tert-OH is 1. The lowest BCUT2D eigenvalue weighted by atomic mass is 9.89. The molecule has 1 amide bonds. The quantitative estimate of drug-likeness (QED) is 0.652. The monoisotopic (exact) mass is 184 g/mol. The number of nitrogens with zero attached hydrogens (tertiary/aromatic N) is 1. The first-order valence-electron chi connectivity index (χ1n) is 4.40. The van der Waals surface area contributed by atoms with Gasteiger partial charge in [0.25, 0.3) is 0 Å². The average Bonchev–Trinajstić information content (AvgIpc) is 2.30. The van der Waals surface area contributed by atoms with Gasteiger partial charge in [-0.2, -0.15) is 0 Å². The molecule has 1 aliphatic heterocycles. The largest absolute Gasteiger partial charge is 0.383 e. The molecule has 0 spiro atoms. The topological polar surface area (TPSA) is 75.7 Å². The number of hydrogen-bond acceptors (Lipinski definition) is 3. The molecule has 0 aromatic rings. The molecule has 0 saturated carbocycles. The van der Waals surface area contributed by atoms with Crippen molar-refractivity contribution in [1.29, 1.82) is 0 Å². The molecule has 1 aliphatic rings. The standard InChI is InChI=1S/C9H16N2O2/c1-9(2)4-6(11-5-9)3-7(12)8(10)13/h7,12H,3-5H2,1-2H3,(H2,10,13). The third-order valence-electron chi connectivity index (χ3n) is 2.17. The molecule has 0 fully saturated rings. The Bertz CT molecular complexity index is 246. The number of rotatable bonds is 3. The van der Waals surface area contributed by atoms with Gasteiger partial charge in [0.05, 0.1) is 0 Å². The molecule has 0 aliphatic carbocycles. The van der Waals surface area contributed by atoms with E-state index in [-0.39, 0.29) is 5.41 Å². The summed E-state index contributed by atoms with van der Waals surface area (Å²) in [4.78, 5) is 14.8. The van der Waals surface area contributed by atoms with Crippen LogP contribution in [0.25, 0.3) is 0 Å². The Balaban J connectivity index is 2.45. The minimum atomic E-state index is -1.08. The molecule has 0 aromatic carbocycles. The van der Waals surface area contributed by atoms with E-state index in [0.29, 0.717) is 6.42 Å². The van der Waals surface area contributed by atoms with Gasteiger partial charge in [-0.3, -0.25) is 9.79 Å². The van der Waals surface area contributed by atoms with Gasteiger partial charge >= 0.3 is 0 Å². The Morgan fingerprint density at radius 1 is 1.77 bits per heavy atom. The lowest BCUT2D eigenvalue weighted by Crippen LogP contribution is -2.30. The van der Waals surface area contributed by atoms with E-state index in [2.05, 4.69) is 18.8 Å². The zero-order valence-corrected chi connectivity index (χ0v) is 8.08. The number of primary amides is 1. The van der Waals surface area contributed by atoms with Crippen molar-refractivity contribution in [3.05, 3.63) is 0 Å². The van der Waals surface area contributed by atoms with Crippen LogP contribution in [-0.2, 0) is 4.79 Å². The molecule has 1 unspecified atom stereocenters. The zero-order valence-electron chi connectivity index (χ0n) is 8.08. The van der Waals surface area contributed by atoms with Gasteiger partial charge in [0.15, 0.2) is 0 Å². The molecule has 74 valence electrons. The first-order valence-corrected chi connectivity index (χ1v) is 4.40. The van der Waals surface area contributed by atoms with Crippen LogP contribution in [0.1, 0.15) is 26.7 Å². The Morgan fingerprint density at radius 3 is 2.77 bits per heavy atom. The molecule has 0 aromatic heterocycles. The number of aliphatic imine (C=N–C) groups is 1. The van der Waals surface area contributed by atoms with Gasteiger partial charge in [-0.05, 0) is 11.8 Å². The fraction of sp³-hybridized carbons (Fsp3) is 0.778. The normalized spacial score (nSPS) is 22.5. The van der Waals surface area contributed by atoms with E-state index in [9.17, 15) is 9.90 Å². The minimum Gasteiger partial charge on any atom is -0.383 e. The van der Waals surface area contributed by atoms with Crippen LogP contribution in [0.5, 0.6) is 0 Å². The van der Waals surface area contributed by atoms with Gasteiger partial charge in [-0.25, -0.2) is 0 Å². The van der Waals surface area contributed by atoms with Crippen molar-refractivity contribution in [2.45, 2.75) is 32.8 Å². The first-order chi connectivity index (χ1) is 5.91. The summed E-state index contributed by atoms with van der Waals surface area (Å²) in [6.45, 7) is 4.99. The van der Waals surface area contributed by atoms with Crippen LogP contribution in [0.4, 0.5) is 0 Å². The van der Waals surface area contributed by atoms with Gasteiger partial charge < -0.3 is 10.8 Å². The first kappa shape index (κ1) is 10.2. The molecular weight excluding hydrogens is 168 g/mol. The Morgan fingerprint density at radius 2 is 2.38 bits per heavy atom. The number of hydrogen-bond donors (Lipinski definition) is 2. The van der Waals surface area contributed by atoms with Crippen LogP contribution in [0.15, 0.2) is 4.99 Å². The van der Waals surface area contributed by atoms with Gasteiger partial charge in [0.2, 0.25) is 5.91 Å². The molecule has 0 bridgehead atoms. The van der Waals surface area contributed by atoms with Crippen molar-refractivity contribution in [2.75, 3.05) is 6.54 Å². The fourth-order valence-corrected chi connectivity index (χ4v) is 1.45. The van der Waals surface area contributed by atoms with Crippen LogP contribution in [0, 0.1) is 5.41 Å². The number of aliphatic hydroxyl groups is 1. The molecule has 4 nitrogen and oxygen atoms in total. The summed E-state index contributed by atoms with van der Waals surface area (Å²) in [7, 11) is 0. The predicted octanol–water partition coefficient (Wildman–Crippen LogP) is 0.0936. The average molecular weight is 184 g/mol. The second-order valence-electron chi connectivity index (χ2n) is 4.35. The van der Waals surface area contributed by atoms with Gasteiger partial charge in [0, 0.05) is 18.7 Å². The molecule has 1 atom stereocenters. The van der Waals surface area contributed by atoms with Crippen LogP contribution in [-0.4, -0.2) is 29.4 Å². The maximum absolute atomic E-state index is 10.6. The summed E-state index contributed by atoms with van der Waals surface area (Å²) >= 11 is 0. The molecule has 3 N–H and O–H groups in total. The second kappa shape index (κ2) is 3.46. The predicted molar refractivity (Wildman–Crippen MR) is 50.5 cm³/mol. The van der Waals surface area contributed by atoms with Crippen LogP contribution in [0.2, 0.25) is 0 Å². The van der Waals surface area contributed by atoms with Crippen molar-refractivity contribution in [3.8, 4) is 0 Å². The van der Waals surface area contributed by atoms with E-state index >= 15 is 0 Å². The van der Waals surface area contributed by atoms with E-state index in [1.807, 2.05) is 0 Å². The highest BCUT2D eigenvalue weighted by Crippen LogP contribution is 2.28. The van der Waals surface area contributed by atoms with Crippen LogP contribution >= 0.6 is 0 Å². The third-order valence-corrected chi connectivity index (χ3v) is 2.17. The van der Waals surface area contributed by atoms with E-state index < -0.39 is 12.0 Å². The Labute approximate surface area is 77.8 Å². The molecule has 0 saturated heterocycles. The minimum absolute atomic E-state index is 0.173. The highest BCUT2D eigenvalue weighted by atomic mass is 16.3. The number of nitrogens with two attached hydrogens (primary N) is 1. The van der Waals surface area contributed by atoms with Crippen molar-refractivity contribution in [2.24, 2.45) is 16.1 Å². The SMILES string of the molecule is CC1(C)CN=C(CC(O)C(N)=O)C1. The summed E-state index contributed by atoms with van der Waals surface area (Å²) in [6, 6.07) is 0. The third kappa shape index (κ3) is 2.81. The van der Waals surface area contributed by atoms with Crippen molar-refractivity contribution in [3.63, 3.8) is 0 Å². The van der Waals surface area contributed by atoms with Crippen molar-refractivity contribution >= 4 is 11.6 Å². The molecule has 13 heavy (non-hydrogen) atoms. The fourth-order valence-electron chi connectivity index (χ4n) is 1.45. The maximum Gasteiger partial charge on any atom is 0.246 e. The van der Waals surface area contributed by atoms with Crippen molar-refractivity contribution < 1.29 is 9.90 Å². The van der Waals surface area contributed by atoms with Crippen LogP contribution in [0.3, 0.4) is 0 Å². The summed E-state index contributed by atoms with van der Waals surface area (Å²) < 4.78 is 0. The lowest BCUT2D eigenvalue weighted by molar-refractivity contribution is -0.125. The number of carbonyl (C=O) groups is 1. The van der Waals surface area contributed by atoms with Crippen molar-refractivity contribution in [1.82, 2.24) is 0 Å². The highest BCUT2D eigenvalue weighted by Gasteiger charge is 2.27. The van der Waals surface area contributed by atoms with E-state index in [1.54, 1.807) is 0 Å². The zero-order chi connectivity index (χ0) is 10.1. The summed E-state index contributed by atoms with van der Waals surface area (Å²) in [5.41, 5.74) is 6.01. The smallest absolute Gasteiger partial charge is 0.246 e. The van der Waals surface area contributed by atoms with E-state index in [0.717, 1.165) is 18.7 Å². The summed E-state index contributed by atoms with van der Waals surface area (Å²) in [5.74, 6) is -0.674. The lowest BCUT2D eigenvalue weighted by Gasteiger charge is -2.15. The molecular formula is C9H16N2O2. The molecule has 1 rings (SSSR count). The molecule has 0 radical (unpaired) electrons. The maximum atomic E-state index is 10.6. The highest BCUT2D eigenvalue weighted by molar-refractivity contribution is 5.92. The molecule has 4 heteroatoms. The number of amides is 1. The molecule has 1 heterocycles. The Kier molecular flexibility index (Phi) is 2.71. The summed E-state index contributed by atoms with van der Waals surface area (Å²) in [6.07, 6.45) is 0.0588. The second-order valence-corrected chi connectivity index (χ2v) is 4.35. The van der Waals surface area contributed by atoms with Gasteiger partial charge in [-0.1, -0.05) is 13.8 Å². The van der Waals surface area contributed by atoms with E-state index in [4.69, 9.17) is 5.73 Å². The summed E-state index contributed by atoms with van der Waals surface area (Å²) in [5, 5.41) is 9.20. The van der Waals surface area contributed by atoms with Crippen LogP contribution < -0.4 is 5.73 Å².